The fourth-order valence-corrected chi connectivity index (χ4v) is 2.17. The fourth-order valence-electron chi connectivity index (χ4n) is 2.17. The van der Waals surface area contributed by atoms with Gasteiger partial charge in [-0.05, 0) is 42.3 Å². The first-order chi connectivity index (χ1) is 11.6. The molecule has 2 N–H and O–H groups in total. The van der Waals surface area contributed by atoms with E-state index in [-0.39, 0.29) is 12.5 Å². The van der Waals surface area contributed by atoms with E-state index in [1.165, 1.54) is 24.3 Å². The average Bonchev–Trinajstić information content (AvgIpc) is 2.60. The Labute approximate surface area is 139 Å². The molecule has 0 saturated heterocycles. The van der Waals surface area contributed by atoms with Gasteiger partial charge in [0.25, 0.3) is 5.91 Å². The molecule has 0 heterocycles. The summed E-state index contributed by atoms with van der Waals surface area (Å²) in [4.78, 5) is 23.6. The molecule has 0 aliphatic rings. The van der Waals surface area contributed by atoms with E-state index in [9.17, 15) is 14.0 Å². The summed E-state index contributed by atoms with van der Waals surface area (Å²) in [6.45, 7) is 0.299. The monoisotopic (exact) mass is 330 g/mol. The van der Waals surface area contributed by atoms with Gasteiger partial charge >= 0.3 is 0 Å². The Balaban J connectivity index is 1.73. The zero-order valence-electron chi connectivity index (χ0n) is 13.3. The quantitative estimate of drug-likeness (QED) is 0.815. The van der Waals surface area contributed by atoms with Gasteiger partial charge in [0.15, 0.2) is 0 Å². The third-order valence-corrected chi connectivity index (χ3v) is 3.42. The topological polar surface area (TPSA) is 67.4 Å². The molecule has 0 spiro atoms. The van der Waals surface area contributed by atoms with Crippen molar-refractivity contribution >= 4 is 11.8 Å². The van der Waals surface area contributed by atoms with Crippen molar-refractivity contribution in [3.8, 4) is 5.75 Å². The summed E-state index contributed by atoms with van der Waals surface area (Å²) in [7, 11) is 1.60. The minimum absolute atomic E-state index is 0.137. The molecule has 0 fully saturated rings. The molecule has 6 heteroatoms. The van der Waals surface area contributed by atoms with Crippen LogP contribution in [0.1, 0.15) is 15.9 Å². The van der Waals surface area contributed by atoms with Crippen molar-refractivity contribution in [2.75, 3.05) is 20.2 Å². The highest BCUT2D eigenvalue weighted by Gasteiger charge is 2.08. The van der Waals surface area contributed by atoms with Crippen LogP contribution in [0.4, 0.5) is 4.39 Å². The molecule has 24 heavy (non-hydrogen) atoms. The molecule has 0 atom stereocenters. The van der Waals surface area contributed by atoms with Crippen molar-refractivity contribution < 1.29 is 18.7 Å². The van der Waals surface area contributed by atoms with E-state index in [4.69, 9.17) is 4.74 Å². The second kappa shape index (κ2) is 8.67. The molecule has 5 nitrogen and oxygen atoms in total. The Morgan fingerprint density at radius 2 is 1.75 bits per heavy atom. The van der Waals surface area contributed by atoms with E-state index in [1.54, 1.807) is 7.11 Å². The lowest BCUT2D eigenvalue weighted by Gasteiger charge is -2.09. The molecule has 0 unspecified atom stereocenters. The lowest BCUT2D eigenvalue weighted by Crippen LogP contribution is -2.37. The lowest BCUT2D eigenvalue weighted by atomic mass is 10.1. The first-order valence-electron chi connectivity index (χ1n) is 7.52. The summed E-state index contributed by atoms with van der Waals surface area (Å²) >= 11 is 0. The Hall–Kier alpha value is -2.89. The normalized spacial score (nSPS) is 10.1. The second-order valence-corrected chi connectivity index (χ2v) is 5.10. The Morgan fingerprint density at radius 3 is 2.46 bits per heavy atom. The van der Waals surface area contributed by atoms with E-state index in [1.807, 2.05) is 24.3 Å². The molecule has 2 aromatic rings. The van der Waals surface area contributed by atoms with E-state index >= 15 is 0 Å². The van der Waals surface area contributed by atoms with Gasteiger partial charge in [0, 0.05) is 12.1 Å². The number of nitrogens with one attached hydrogen (secondary N) is 2. The van der Waals surface area contributed by atoms with Crippen LogP contribution in [-0.4, -0.2) is 32.0 Å². The van der Waals surface area contributed by atoms with Gasteiger partial charge in [-0.3, -0.25) is 9.59 Å². The zero-order chi connectivity index (χ0) is 17.4. The highest BCUT2D eigenvalue weighted by Crippen LogP contribution is 2.17. The maximum atomic E-state index is 12.8. The molecule has 2 aromatic carbocycles. The highest BCUT2D eigenvalue weighted by atomic mass is 19.1. The predicted molar refractivity (Wildman–Crippen MR) is 88.4 cm³/mol. The maximum Gasteiger partial charge on any atom is 0.251 e. The largest absolute Gasteiger partial charge is 0.496 e. The molecule has 0 radical (unpaired) electrons. The smallest absolute Gasteiger partial charge is 0.251 e. The van der Waals surface area contributed by atoms with Crippen molar-refractivity contribution in [2.45, 2.75) is 6.42 Å². The van der Waals surface area contributed by atoms with Gasteiger partial charge in [0.2, 0.25) is 5.91 Å². The maximum absolute atomic E-state index is 12.8. The van der Waals surface area contributed by atoms with E-state index in [2.05, 4.69) is 10.6 Å². The molecule has 0 aliphatic heterocycles. The van der Waals surface area contributed by atoms with Crippen LogP contribution >= 0.6 is 0 Å². The summed E-state index contributed by atoms with van der Waals surface area (Å²) in [5.74, 6) is -0.354. The molecular formula is C18H19FN2O3. The van der Waals surface area contributed by atoms with E-state index < -0.39 is 11.7 Å². The van der Waals surface area contributed by atoms with Crippen molar-refractivity contribution in [2.24, 2.45) is 0 Å². The molecule has 0 aliphatic carbocycles. The van der Waals surface area contributed by atoms with Gasteiger partial charge < -0.3 is 15.4 Å². The van der Waals surface area contributed by atoms with Gasteiger partial charge in [0.1, 0.15) is 11.6 Å². The number of carbonyl (C=O) groups is 2. The summed E-state index contributed by atoms with van der Waals surface area (Å²) in [6.07, 6.45) is 0.627. The number of benzene rings is 2. The Morgan fingerprint density at radius 1 is 1.04 bits per heavy atom. The number of hydrogen-bond acceptors (Lipinski definition) is 3. The van der Waals surface area contributed by atoms with E-state index in [0.29, 0.717) is 18.5 Å². The minimum Gasteiger partial charge on any atom is -0.496 e. The Kier molecular flexibility index (Phi) is 6.31. The van der Waals surface area contributed by atoms with Crippen LogP contribution in [-0.2, 0) is 11.2 Å². The van der Waals surface area contributed by atoms with Crippen molar-refractivity contribution in [3.63, 3.8) is 0 Å². The van der Waals surface area contributed by atoms with Gasteiger partial charge in [0.05, 0.1) is 13.7 Å². The molecular weight excluding hydrogens is 311 g/mol. The summed E-state index contributed by atoms with van der Waals surface area (Å²) in [5.41, 5.74) is 1.30. The fraction of sp³-hybridized carbons (Fsp3) is 0.222. The van der Waals surface area contributed by atoms with E-state index in [0.717, 1.165) is 11.3 Å². The van der Waals surface area contributed by atoms with Gasteiger partial charge in [-0.2, -0.15) is 0 Å². The van der Waals surface area contributed by atoms with Crippen LogP contribution < -0.4 is 15.4 Å². The van der Waals surface area contributed by atoms with Crippen molar-refractivity contribution in [1.29, 1.82) is 0 Å². The SMILES string of the molecule is COc1ccccc1CCNC(=O)CNC(=O)c1ccc(F)cc1. The number of ether oxygens (including phenoxy) is 1. The van der Waals surface area contributed by atoms with Crippen molar-refractivity contribution in [3.05, 3.63) is 65.5 Å². The molecule has 2 amide bonds. The van der Waals surface area contributed by atoms with Crippen LogP contribution in [0.2, 0.25) is 0 Å². The molecule has 0 saturated carbocycles. The first-order valence-corrected chi connectivity index (χ1v) is 7.52. The number of para-hydroxylation sites is 1. The summed E-state index contributed by atoms with van der Waals surface area (Å²) < 4.78 is 18.0. The number of methoxy groups -OCH3 is 1. The van der Waals surface area contributed by atoms with Crippen LogP contribution in [0.5, 0.6) is 5.75 Å². The van der Waals surface area contributed by atoms with Crippen LogP contribution in [0.15, 0.2) is 48.5 Å². The van der Waals surface area contributed by atoms with Crippen LogP contribution in [0, 0.1) is 5.82 Å². The molecule has 0 aromatic heterocycles. The minimum atomic E-state index is -0.421. The molecule has 0 bridgehead atoms. The molecule has 126 valence electrons. The molecule has 2 rings (SSSR count). The number of rotatable bonds is 7. The lowest BCUT2D eigenvalue weighted by molar-refractivity contribution is -0.120. The standard InChI is InChI=1S/C18H19FN2O3/c1-24-16-5-3-2-4-13(16)10-11-20-17(22)12-21-18(23)14-6-8-15(19)9-7-14/h2-9H,10-12H2,1H3,(H,20,22)(H,21,23). The predicted octanol–water partition coefficient (Wildman–Crippen LogP) is 1.92. The number of hydrogen-bond donors (Lipinski definition) is 2. The summed E-state index contributed by atoms with van der Waals surface area (Å²) in [5, 5.41) is 5.22. The Bertz CT molecular complexity index is 702. The highest BCUT2D eigenvalue weighted by molar-refractivity contribution is 5.96. The third kappa shape index (κ3) is 5.08. The van der Waals surface area contributed by atoms with Crippen molar-refractivity contribution in [1.82, 2.24) is 10.6 Å². The van der Waals surface area contributed by atoms with Gasteiger partial charge in [-0.1, -0.05) is 18.2 Å². The summed E-state index contributed by atoms with van der Waals surface area (Å²) in [6, 6.07) is 12.7. The number of halogens is 1. The van der Waals surface area contributed by atoms with Gasteiger partial charge in [-0.15, -0.1) is 0 Å². The number of amides is 2. The first kappa shape index (κ1) is 17.5. The zero-order valence-corrected chi connectivity index (χ0v) is 13.3. The average molecular weight is 330 g/mol. The third-order valence-electron chi connectivity index (χ3n) is 3.42. The van der Waals surface area contributed by atoms with Gasteiger partial charge in [-0.25, -0.2) is 4.39 Å². The number of carbonyl (C=O) groups excluding carboxylic acids is 2. The van der Waals surface area contributed by atoms with Crippen LogP contribution in [0.25, 0.3) is 0 Å². The van der Waals surface area contributed by atoms with Crippen LogP contribution in [0.3, 0.4) is 0 Å². The second-order valence-electron chi connectivity index (χ2n) is 5.10.